The summed E-state index contributed by atoms with van der Waals surface area (Å²) in [4.78, 5) is 9.60. The van der Waals surface area contributed by atoms with Crippen molar-refractivity contribution in [3.63, 3.8) is 0 Å². The first-order valence-corrected chi connectivity index (χ1v) is 5.58. The van der Waals surface area contributed by atoms with Gasteiger partial charge in [-0.15, -0.1) is 0 Å². The Hall–Kier alpha value is -0.690. The van der Waals surface area contributed by atoms with Gasteiger partial charge in [-0.2, -0.15) is 0 Å². The maximum atomic E-state index is 9.60. The molecular formula is C11H23NO5. The maximum absolute atomic E-state index is 9.60. The van der Waals surface area contributed by atoms with Crippen molar-refractivity contribution in [2.45, 2.75) is 44.5 Å². The summed E-state index contributed by atoms with van der Waals surface area (Å²) in [7, 11) is 0. The zero-order valence-corrected chi connectivity index (χ0v) is 10.6. The van der Waals surface area contributed by atoms with E-state index in [9.17, 15) is 9.90 Å². The summed E-state index contributed by atoms with van der Waals surface area (Å²) < 4.78 is 4.55. The van der Waals surface area contributed by atoms with E-state index in [1.165, 1.54) is 0 Å². The monoisotopic (exact) mass is 249 g/mol. The van der Waals surface area contributed by atoms with E-state index in [4.69, 9.17) is 10.2 Å². The number of β-amino-alcohol motifs (C(OH)–C–C–N with tert-alkyl or cyclic N) is 1. The van der Waals surface area contributed by atoms with Crippen LogP contribution in [0.15, 0.2) is 0 Å². The summed E-state index contributed by atoms with van der Waals surface area (Å²) in [6.07, 6.45) is -0.434. The minimum absolute atomic E-state index is 0.318. The molecular weight excluding hydrogens is 226 g/mol. The Labute approximate surface area is 102 Å². The number of aliphatic hydroxyl groups excluding tert-OH is 2. The van der Waals surface area contributed by atoms with Crippen LogP contribution in [0.25, 0.3) is 0 Å². The Balaban J connectivity index is 0.000000325. The first kappa shape index (κ1) is 16.3. The summed E-state index contributed by atoms with van der Waals surface area (Å²) in [5, 5.41) is 30.2. The number of aliphatic hydroxyl groups is 3. The minimum Gasteiger partial charge on any atom is -0.462 e. The second-order valence-electron chi connectivity index (χ2n) is 5.06. The number of ether oxygens (including phenoxy) is 1. The van der Waals surface area contributed by atoms with Crippen LogP contribution in [0.2, 0.25) is 0 Å². The molecule has 1 fully saturated rings. The zero-order chi connectivity index (χ0) is 13.5. The Bertz CT molecular complexity index is 228. The number of hydrogen-bond donors (Lipinski definition) is 4. The molecule has 1 aliphatic heterocycles. The summed E-state index contributed by atoms with van der Waals surface area (Å²) in [6, 6.07) is 0. The van der Waals surface area contributed by atoms with Crippen LogP contribution in [-0.4, -0.2) is 58.8 Å². The average Bonchev–Trinajstić information content (AvgIpc) is 2.22. The topological polar surface area (TPSA) is 99.0 Å². The highest BCUT2D eigenvalue weighted by atomic mass is 16.5. The number of hydrogen-bond acceptors (Lipinski definition) is 6. The SMILES string of the molecule is CC(C)(C)OC=O.OCC1(O)CCNCC1O. The third kappa shape index (κ3) is 6.58. The van der Waals surface area contributed by atoms with E-state index in [0.29, 0.717) is 26.0 Å². The molecule has 102 valence electrons. The highest BCUT2D eigenvalue weighted by molar-refractivity contribution is 5.37. The van der Waals surface area contributed by atoms with Crippen molar-refractivity contribution >= 4 is 6.47 Å². The molecule has 2 unspecified atom stereocenters. The van der Waals surface area contributed by atoms with Gasteiger partial charge in [-0.25, -0.2) is 0 Å². The van der Waals surface area contributed by atoms with Gasteiger partial charge in [0.15, 0.2) is 0 Å². The van der Waals surface area contributed by atoms with Crippen LogP contribution in [0.1, 0.15) is 27.2 Å². The van der Waals surface area contributed by atoms with Crippen molar-refractivity contribution in [2.75, 3.05) is 19.7 Å². The van der Waals surface area contributed by atoms with Gasteiger partial charge in [-0.05, 0) is 33.7 Å². The minimum atomic E-state index is -1.27. The number of piperidine rings is 1. The zero-order valence-electron chi connectivity index (χ0n) is 10.6. The number of nitrogens with one attached hydrogen (secondary N) is 1. The summed E-state index contributed by atoms with van der Waals surface area (Å²) in [5.74, 6) is 0. The van der Waals surface area contributed by atoms with Crippen molar-refractivity contribution in [3.05, 3.63) is 0 Å². The summed E-state index contributed by atoms with van der Waals surface area (Å²) >= 11 is 0. The van der Waals surface area contributed by atoms with Gasteiger partial charge in [0.1, 0.15) is 11.2 Å². The van der Waals surface area contributed by atoms with Crippen molar-refractivity contribution < 1.29 is 24.9 Å². The molecule has 0 aliphatic carbocycles. The van der Waals surface area contributed by atoms with Crippen LogP contribution in [0.4, 0.5) is 0 Å². The number of carbonyl (C=O) groups excluding carboxylic acids is 1. The molecule has 0 aromatic heterocycles. The lowest BCUT2D eigenvalue weighted by Gasteiger charge is -2.35. The molecule has 6 heteroatoms. The van der Waals surface area contributed by atoms with E-state index >= 15 is 0 Å². The van der Waals surface area contributed by atoms with Crippen molar-refractivity contribution in [2.24, 2.45) is 0 Å². The third-order valence-electron chi connectivity index (χ3n) is 2.37. The van der Waals surface area contributed by atoms with E-state index in [0.717, 1.165) is 0 Å². The Morgan fingerprint density at radius 1 is 1.53 bits per heavy atom. The molecule has 0 radical (unpaired) electrons. The van der Waals surface area contributed by atoms with Gasteiger partial charge < -0.3 is 25.4 Å². The van der Waals surface area contributed by atoms with Crippen LogP contribution in [-0.2, 0) is 9.53 Å². The van der Waals surface area contributed by atoms with Crippen LogP contribution in [0.5, 0.6) is 0 Å². The molecule has 0 amide bonds. The summed E-state index contributed by atoms with van der Waals surface area (Å²) in [5.41, 5.74) is -1.59. The van der Waals surface area contributed by atoms with Gasteiger partial charge in [0, 0.05) is 6.54 Å². The van der Waals surface area contributed by atoms with E-state index in [2.05, 4.69) is 10.1 Å². The van der Waals surface area contributed by atoms with Crippen molar-refractivity contribution in [1.29, 1.82) is 0 Å². The van der Waals surface area contributed by atoms with Crippen LogP contribution < -0.4 is 5.32 Å². The molecule has 17 heavy (non-hydrogen) atoms. The molecule has 1 aliphatic rings. The predicted octanol–water partition coefficient (Wildman–Crippen LogP) is -0.978. The van der Waals surface area contributed by atoms with E-state index < -0.39 is 11.7 Å². The fourth-order valence-electron chi connectivity index (χ4n) is 1.23. The fourth-order valence-corrected chi connectivity index (χ4v) is 1.23. The lowest BCUT2D eigenvalue weighted by atomic mass is 9.91. The van der Waals surface area contributed by atoms with Crippen molar-refractivity contribution in [3.8, 4) is 0 Å². The third-order valence-corrected chi connectivity index (χ3v) is 2.37. The van der Waals surface area contributed by atoms with Crippen LogP contribution in [0.3, 0.4) is 0 Å². The summed E-state index contributed by atoms with van der Waals surface area (Å²) in [6.45, 7) is 6.56. The second kappa shape index (κ2) is 6.90. The van der Waals surface area contributed by atoms with Gasteiger partial charge in [0.25, 0.3) is 6.47 Å². The predicted molar refractivity (Wildman–Crippen MR) is 62.4 cm³/mol. The molecule has 0 saturated carbocycles. The number of rotatable bonds is 2. The first-order valence-electron chi connectivity index (χ1n) is 5.58. The van der Waals surface area contributed by atoms with E-state index in [-0.39, 0.29) is 12.2 Å². The Morgan fingerprint density at radius 2 is 2.12 bits per heavy atom. The standard InChI is InChI=1S/C6H13NO3.C5H10O2/c8-4-6(10)1-2-7-3-5(6)9;1-5(2,3)7-4-6/h5,7-10H,1-4H2;4H,1-3H3. The molecule has 0 aromatic carbocycles. The maximum Gasteiger partial charge on any atom is 0.293 e. The lowest BCUT2D eigenvalue weighted by molar-refractivity contribution is -0.138. The van der Waals surface area contributed by atoms with Gasteiger partial charge in [-0.3, -0.25) is 4.79 Å². The normalized spacial score (nSPS) is 28.9. The highest BCUT2D eigenvalue weighted by Crippen LogP contribution is 2.16. The van der Waals surface area contributed by atoms with E-state index in [1.807, 2.05) is 20.8 Å². The fraction of sp³-hybridized carbons (Fsp3) is 0.909. The lowest BCUT2D eigenvalue weighted by Crippen LogP contribution is -2.56. The van der Waals surface area contributed by atoms with Gasteiger partial charge in [0.2, 0.25) is 0 Å². The Morgan fingerprint density at radius 3 is 2.35 bits per heavy atom. The van der Waals surface area contributed by atoms with Crippen LogP contribution in [0, 0.1) is 0 Å². The molecule has 4 N–H and O–H groups in total. The molecule has 2 atom stereocenters. The largest absolute Gasteiger partial charge is 0.462 e. The highest BCUT2D eigenvalue weighted by Gasteiger charge is 2.36. The average molecular weight is 249 g/mol. The molecule has 1 heterocycles. The molecule has 1 rings (SSSR count). The quantitative estimate of drug-likeness (QED) is 0.470. The second-order valence-corrected chi connectivity index (χ2v) is 5.06. The molecule has 6 nitrogen and oxygen atoms in total. The number of carbonyl (C=O) groups is 1. The van der Waals surface area contributed by atoms with E-state index in [1.54, 1.807) is 0 Å². The molecule has 0 bridgehead atoms. The first-order chi connectivity index (χ1) is 7.75. The molecule has 0 spiro atoms. The van der Waals surface area contributed by atoms with Gasteiger partial charge in [0.05, 0.1) is 12.7 Å². The van der Waals surface area contributed by atoms with Crippen LogP contribution >= 0.6 is 0 Å². The van der Waals surface area contributed by atoms with Gasteiger partial charge in [-0.1, -0.05) is 0 Å². The van der Waals surface area contributed by atoms with Gasteiger partial charge >= 0.3 is 0 Å². The molecule has 0 aromatic rings. The van der Waals surface area contributed by atoms with Crippen molar-refractivity contribution in [1.82, 2.24) is 5.32 Å². The smallest absolute Gasteiger partial charge is 0.293 e. The molecule has 1 saturated heterocycles. The Kier molecular flexibility index (Phi) is 6.62.